The van der Waals surface area contributed by atoms with Crippen LogP contribution in [0.1, 0.15) is 36.8 Å². The molecule has 2 unspecified atom stereocenters. The highest BCUT2D eigenvalue weighted by molar-refractivity contribution is 7.99. The minimum atomic E-state index is 0.681. The lowest BCUT2D eigenvalue weighted by Gasteiger charge is -2.33. The molecule has 0 amide bonds. The number of hydrogen-bond acceptors (Lipinski definition) is 2. The molecule has 1 aromatic carbocycles. The van der Waals surface area contributed by atoms with E-state index in [2.05, 4.69) is 47.6 Å². The van der Waals surface area contributed by atoms with Crippen LogP contribution in [0.25, 0.3) is 0 Å². The van der Waals surface area contributed by atoms with Gasteiger partial charge < -0.3 is 5.32 Å². The summed E-state index contributed by atoms with van der Waals surface area (Å²) in [5.74, 6) is 0. The van der Waals surface area contributed by atoms with Gasteiger partial charge in [0, 0.05) is 17.3 Å². The summed E-state index contributed by atoms with van der Waals surface area (Å²) in [7, 11) is 0. The third-order valence-electron chi connectivity index (χ3n) is 4.51. The Morgan fingerprint density at radius 2 is 1.72 bits per heavy atom. The first-order valence-corrected chi connectivity index (χ1v) is 8.51. The maximum atomic E-state index is 3.94. The van der Waals surface area contributed by atoms with E-state index in [9.17, 15) is 0 Å². The quantitative estimate of drug-likeness (QED) is 0.895. The molecule has 18 heavy (non-hydrogen) atoms. The van der Waals surface area contributed by atoms with Crippen LogP contribution in [-0.2, 0) is 12.8 Å². The fourth-order valence-corrected chi connectivity index (χ4v) is 4.49. The van der Waals surface area contributed by atoms with Crippen molar-refractivity contribution in [1.82, 2.24) is 5.32 Å². The number of hydrogen-bond donors (Lipinski definition) is 1. The molecule has 1 N–H and O–H groups in total. The van der Waals surface area contributed by atoms with E-state index in [4.69, 9.17) is 0 Å². The van der Waals surface area contributed by atoms with Crippen molar-refractivity contribution in [2.24, 2.45) is 0 Å². The third kappa shape index (κ3) is 2.60. The molecular weight excluding hydrogens is 238 g/mol. The normalized spacial score (nSPS) is 28.3. The highest BCUT2D eigenvalue weighted by Crippen LogP contribution is 2.29. The molecule has 1 fully saturated rings. The molecule has 0 radical (unpaired) electrons. The Hall–Kier alpha value is -0.470. The standard InChI is InChI=1S/C16H23NS/c1-18-16-9-5-4-8-15(16)17-14-10-12-6-2-3-7-13(12)11-14/h2-3,6-7,14-17H,4-5,8-11H2,1H3. The van der Waals surface area contributed by atoms with Gasteiger partial charge >= 0.3 is 0 Å². The van der Waals surface area contributed by atoms with Crippen LogP contribution in [0.15, 0.2) is 24.3 Å². The molecule has 1 aromatic rings. The molecule has 2 aliphatic rings. The SMILES string of the molecule is CSC1CCCCC1NC1Cc2ccccc2C1. The van der Waals surface area contributed by atoms with Gasteiger partial charge in [-0.25, -0.2) is 0 Å². The van der Waals surface area contributed by atoms with Crippen molar-refractivity contribution in [3.05, 3.63) is 35.4 Å². The van der Waals surface area contributed by atoms with E-state index in [1.54, 1.807) is 11.1 Å². The lowest BCUT2D eigenvalue weighted by atomic mass is 9.94. The molecule has 2 aliphatic carbocycles. The molecule has 0 saturated heterocycles. The Bertz CT molecular complexity index is 379. The van der Waals surface area contributed by atoms with Crippen LogP contribution in [0.4, 0.5) is 0 Å². The monoisotopic (exact) mass is 261 g/mol. The van der Waals surface area contributed by atoms with Crippen LogP contribution in [0.3, 0.4) is 0 Å². The molecule has 3 rings (SSSR count). The van der Waals surface area contributed by atoms with E-state index >= 15 is 0 Å². The first-order chi connectivity index (χ1) is 8.86. The molecule has 2 heteroatoms. The van der Waals surface area contributed by atoms with Crippen molar-refractivity contribution >= 4 is 11.8 Å². The molecule has 0 spiro atoms. The fourth-order valence-electron chi connectivity index (χ4n) is 3.55. The zero-order chi connectivity index (χ0) is 12.4. The lowest BCUT2D eigenvalue weighted by Crippen LogP contribution is -2.46. The summed E-state index contributed by atoms with van der Waals surface area (Å²) < 4.78 is 0. The van der Waals surface area contributed by atoms with E-state index < -0.39 is 0 Å². The molecular formula is C16H23NS. The number of benzene rings is 1. The van der Waals surface area contributed by atoms with Gasteiger partial charge in [0.25, 0.3) is 0 Å². The van der Waals surface area contributed by atoms with Gasteiger partial charge in [0.15, 0.2) is 0 Å². The first-order valence-electron chi connectivity index (χ1n) is 7.22. The van der Waals surface area contributed by atoms with E-state index in [1.165, 1.54) is 38.5 Å². The van der Waals surface area contributed by atoms with E-state index in [0.29, 0.717) is 6.04 Å². The number of thioether (sulfide) groups is 1. The Morgan fingerprint density at radius 3 is 2.39 bits per heavy atom. The number of fused-ring (bicyclic) bond motifs is 1. The van der Waals surface area contributed by atoms with Gasteiger partial charge in [0.2, 0.25) is 0 Å². The molecule has 0 aliphatic heterocycles. The van der Waals surface area contributed by atoms with Crippen molar-refractivity contribution in [3.63, 3.8) is 0 Å². The largest absolute Gasteiger partial charge is 0.309 e. The van der Waals surface area contributed by atoms with Gasteiger partial charge in [-0.2, -0.15) is 11.8 Å². The molecule has 1 nitrogen and oxygen atoms in total. The van der Waals surface area contributed by atoms with Gasteiger partial charge in [-0.15, -0.1) is 0 Å². The van der Waals surface area contributed by atoms with Crippen LogP contribution < -0.4 is 5.32 Å². The maximum Gasteiger partial charge on any atom is 0.0198 e. The highest BCUT2D eigenvalue weighted by Gasteiger charge is 2.29. The molecule has 0 bridgehead atoms. The molecule has 0 heterocycles. The van der Waals surface area contributed by atoms with Crippen LogP contribution >= 0.6 is 11.8 Å². The smallest absolute Gasteiger partial charge is 0.0198 e. The summed E-state index contributed by atoms with van der Waals surface area (Å²) in [6.07, 6.45) is 10.3. The van der Waals surface area contributed by atoms with Crippen molar-refractivity contribution in [2.75, 3.05) is 6.26 Å². The fraction of sp³-hybridized carbons (Fsp3) is 0.625. The second kappa shape index (κ2) is 5.66. The Kier molecular flexibility index (Phi) is 3.95. The lowest BCUT2D eigenvalue weighted by molar-refractivity contribution is 0.348. The van der Waals surface area contributed by atoms with E-state index in [0.717, 1.165) is 11.3 Å². The Labute approximate surface area is 115 Å². The van der Waals surface area contributed by atoms with Gasteiger partial charge in [0.05, 0.1) is 0 Å². The Morgan fingerprint density at radius 1 is 1.06 bits per heavy atom. The minimum Gasteiger partial charge on any atom is -0.309 e. The third-order valence-corrected chi connectivity index (χ3v) is 5.68. The summed E-state index contributed by atoms with van der Waals surface area (Å²) >= 11 is 2.06. The summed E-state index contributed by atoms with van der Waals surface area (Å²) in [6, 6.07) is 10.4. The molecule has 2 atom stereocenters. The van der Waals surface area contributed by atoms with Crippen LogP contribution in [0, 0.1) is 0 Å². The van der Waals surface area contributed by atoms with Gasteiger partial charge in [-0.05, 0) is 43.1 Å². The molecule has 98 valence electrons. The average Bonchev–Trinajstić information content (AvgIpc) is 2.81. The minimum absolute atomic E-state index is 0.681. The van der Waals surface area contributed by atoms with Crippen molar-refractivity contribution in [3.8, 4) is 0 Å². The highest BCUT2D eigenvalue weighted by atomic mass is 32.2. The van der Waals surface area contributed by atoms with Gasteiger partial charge in [-0.3, -0.25) is 0 Å². The van der Waals surface area contributed by atoms with Crippen molar-refractivity contribution < 1.29 is 0 Å². The predicted octanol–water partition coefficient (Wildman–Crippen LogP) is 3.42. The van der Waals surface area contributed by atoms with Crippen LogP contribution in [-0.4, -0.2) is 23.6 Å². The zero-order valence-corrected chi connectivity index (χ0v) is 12.0. The van der Waals surface area contributed by atoms with Gasteiger partial charge in [0.1, 0.15) is 0 Å². The van der Waals surface area contributed by atoms with Gasteiger partial charge in [-0.1, -0.05) is 37.1 Å². The Balaban J connectivity index is 1.61. The van der Waals surface area contributed by atoms with E-state index in [-0.39, 0.29) is 0 Å². The van der Waals surface area contributed by atoms with E-state index in [1.807, 2.05) is 0 Å². The number of nitrogens with one attached hydrogen (secondary N) is 1. The van der Waals surface area contributed by atoms with Crippen molar-refractivity contribution in [1.29, 1.82) is 0 Å². The summed E-state index contributed by atoms with van der Waals surface area (Å²) in [5.41, 5.74) is 3.12. The maximum absolute atomic E-state index is 3.94. The first kappa shape index (κ1) is 12.6. The molecule has 1 saturated carbocycles. The summed E-state index contributed by atoms with van der Waals surface area (Å²) in [6.45, 7) is 0. The summed E-state index contributed by atoms with van der Waals surface area (Å²) in [4.78, 5) is 0. The number of rotatable bonds is 3. The predicted molar refractivity (Wildman–Crippen MR) is 80.3 cm³/mol. The van der Waals surface area contributed by atoms with Crippen LogP contribution in [0.5, 0.6) is 0 Å². The topological polar surface area (TPSA) is 12.0 Å². The molecule has 0 aromatic heterocycles. The zero-order valence-electron chi connectivity index (χ0n) is 11.2. The average molecular weight is 261 g/mol. The van der Waals surface area contributed by atoms with Crippen molar-refractivity contribution in [2.45, 2.75) is 55.9 Å². The second-order valence-electron chi connectivity index (χ2n) is 5.71. The van der Waals surface area contributed by atoms with Crippen LogP contribution in [0.2, 0.25) is 0 Å². The second-order valence-corrected chi connectivity index (χ2v) is 6.78. The summed E-state index contributed by atoms with van der Waals surface area (Å²) in [5, 5.41) is 4.78.